The van der Waals surface area contributed by atoms with Crippen molar-refractivity contribution in [2.75, 3.05) is 0 Å². The molecular weight excluding hydrogens is 642 g/mol. The third kappa shape index (κ3) is 7.62. The van der Waals surface area contributed by atoms with Gasteiger partial charge in [-0.1, -0.05) is 212 Å². The van der Waals surface area contributed by atoms with Crippen LogP contribution in [0.15, 0.2) is 243 Å². The average Bonchev–Trinajstić information content (AvgIpc) is 3.25. The Morgan fingerprint density at radius 2 is 0.519 bits per heavy atom. The lowest BCUT2D eigenvalue weighted by molar-refractivity contribution is 1.35. The Labute approximate surface area is 310 Å². The van der Waals surface area contributed by atoms with Gasteiger partial charge in [-0.05, 0) is 42.0 Å². The van der Waals surface area contributed by atoms with Crippen molar-refractivity contribution in [2.45, 2.75) is 12.5 Å². The summed E-state index contributed by atoms with van der Waals surface area (Å²) in [5.41, 5.74) is 6.90. The molecule has 0 nitrogen and oxygen atoms in total. The van der Waals surface area contributed by atoms with E-state index in [1.165, 1.54) is 43.4 Å². The van der Waals surface area contributed by atoms with Gasteiger partial charge >= 0.3 is 0 Å². The molecule has 0 amide bonds. The molecule has 252 valence electrons. The second-order valence-corrected chi connectivity index (χ2v) is 16.9. The van der Waals surface area contributed by atoms with Crippen LogP contribution < -0.4 is 32.3 Å². The molecule has 0 bridgehead atoms. The van der Waals surface area contributed by atoms with Crippen LogP contribution in [0.5, 0.6) is 0 Å². The van der Waals surface area contributed by atoms with Gasteiger partial charge in [0.25, 0.3) is 0 Å². The molecule has 0 fully saturated rings. The van der Waals surface area contributed by atoms with E-state index in [1.807, 2.05) is 0 Å². The normalized spacial score (nSPS) is 11.2. The van der Waals surface area contributed by atoms with Crippen LogP contribution in [0.2, 0.25) is 0 Å². The summed E-state index contributed by atoms with van der Waals surface area (Å²) in [6, 6.07) is 87.8. The summed E-state index contributed by atoms with van der Waals surface area (Å²) >= 11 is 0. The van der Waals surface area contributed by atoms with Crippen LogP contribution in [0.25, 0.3) is 0 Å². The molecule has 0 spiro atoms. The Hall–Kier alpha value is -5.75. The molecule has 0 atom stereocenters. The highest BCUT2D eigenvalue weighted by molar-refractivity contribution is 7.95. The molecule has 0 aromatic heterocycles. The van der Waals surface area contributed by atoms with E-state index in [0.29, 0.717) is 0 Å². The minimum atomic E-state index is -1.78. The highest BCUT2D eigenvalue weighted by atomic mass is 31.2. The van der Waals surface area contributed by atoms with E-state index in [9.17, 15) is 0 Å². The lowest BCUT2D eigenvalue weighted by Gasteiger charge is -2.43. The maximum absolute atomic E-state index is 2.30. The number of hydrogen-bond acceptors (Lipinski definition) is 0. The minimum absolute atomic E-state index is 0.985. The van der Waals surface area contributed by atoms with Crippen LogP contribution in [-0.4, -0.2) is 6.15 Å². The molecule has 0 aliphatic carbocycles. The third-order valence-electron chi connectivity index (χ3n) is 10.3. The zero-order chi connectivity index (χ0) is 35.3. The molecule has 0 aliphatic rings. The lowest BCUT2D eigenvalue weighted by atomic mass is 9.14. The van der Waals surface area contributed by atoms with Crippen molar-refractivity contribution in [1.82, 2.24) is 0 Å². The Bertz CT molecular complexity index is 1840. The zero-order valence-corrected chi connectivity index (χ0v) is 30.4. The van der Waals surface area contributed by atoms with Crippen LogP contribution in [0.4, 0.5) is 0 Å². The molecule has 0 heterocycles. The van der Waals surface area contributed by atoms with E-state index in [2.05, 4.69) is 243 Å². The SMILES string of the molecule is c1ccc(C[B-](c2ccccc2)(c2ccccc2)c2ccccc2)cc1.c1ccc(C[P+](c2ccccc2)(c2ccccc2)c2ccccc2)cc1. The van der Waals surface area contributed by atoms with Crippen LogP contribution in [0.1, 0.15) is 11.1 Å². The molecular formula is C50H44BP. The summed E-state index contributed by atoms with van der Waals surface area (Å²) in [5, 5.41) is 4.30. The molecule has 0 N–H and O–H groups in total. The summed E-state index contributed by atoms with van der Waals surface area (Å²) in [5.74, 6) is 0. The fourth-order valence-electron chi connectivity index (χ4n) is 7.87. The molecule has 0 aliphatic heterocycles. The van der Waals surface area contributed by atoms with Crippen LogP contribution in [-0.2, 0) is 12.5 Å². The summed E-state index contributed by atoms with van der Waals surface area (Å²) in [7, 11) is -1.78. The minimum Gasteiger partial charge on any atom is -0.200 e. The first-order chi connectivity index (χ1) is 25.8. The van der Waals surface area contributed by atoms with Gasteiger partial charge in [-0.25, -0.2) is 0 Å². The molecule has 2 heteroatoms. The highest BCUT2D eigenvalue weighted by Crippen LogP contribution is 2.58. The average molecular weight is 687 g/mol. The predicted octanol–water partition coefficient (Wildman–Crippen LogP) is 9.12. The smallest absolute Gasteiger partial charge is 0.116 e. The second kappa shape index (κ2) is 17.0. The summed E-state index contributed by atoms with van der Waals surface area (Å²) in [6.07, 6.45) is 0.925. The Kier molecular flexibility index (Phi) is 11.3. The van der Waals surface area contributed by atoms with Crippen molar-refractivity contribution in [3.63, 3.8) is 0 Å². The van der Waals surface area contributed by atoms with Gasteiger partial charge in [0.2, 0.25) is 0 Å². The maximum atomic E-state index is 2.30. The zero-order valence-electron chi connectivity index (χ0n) is 29.5. The van der Waals surface area contributed by atoms with Crippen molar-refractivity contribution in [3.8, 4) is 0 Å². The van der Waals surface area contributed by atoms with E-state index >= 15 is 0 Å². The van der Waals surface area contributed by atoms with E-state index in [-0.39, 0.29) is 0 Å². The van der Waals surface area contributed by atoms with E-state index in [0.717, 1.165) is 12.5 Å². The van der Waals surface area contributed by atoms with Crippen molar-refractivity contribution in [3.05, 3.63) is 254 Å². The van der Waals surface area contributed by atoms with Crippen LogP contribution in [0, 0.1) is 0 Å². The van der Waals surface area contributed by atoms with Crippen molar-refractivity contribution >= 4 is 45.7 Å². The molecule has 52 heavy (non-hydrogen) atoms. The summed E-state index contributed by atoms with van der Waals surface area (Å²) < 4.78 is 0. The van der Waals surface area contributed by atoms with Gasteiger partial charge in [0.15, 0.2) is 0 Å². The number of hydrogen-bond donors (Lipinski definition) is 0. The monoisotopic (exact) mass is 686 g/mol. The molecule has 0 radical (unpaired) electrons. The van der Waals surface area contributed by atoms with Gasteiger partial charge in [0.05, 0.1) is 12.3 Å². The van der Waals surface area contributed by atoms with Crippen molar-refractivity contribution in [1.29, 1.82) is 0 Å². The summed E-state index contributed by atoms with van der Waals surface area (Å²) in [6.45, 7) is 0. The van der Waals surface area contributed by atoms with Gasteiger partial charge in [-0.3, -0.25) is 0 Å². The molecule has 0 saturated heterocycles. The maximum Gasteiger partial charge on any atom is 0.116 e. The largest absolute Gasteiger partial charge is 0.200 e. The quantitative estimate of drug-likeness (QED) is 0.0995. The molecule has 8 rings (SSSR count). The topological polar surface area (TPSA) is 0 Å². The van der Waals surface area contributed by atoms with E-state index < -0.39 is 13.4 Å². The molecule has 0 saturated carbocycles. The standard InChI is InChI=1S/C25H22B.C25H22P/c2*1-5-13-22(14-6-1)21-26(23-15-7-2-8-16-23,24-17-9-3-10-18-24)25-19-11-4-12-20-25/h2*1-20H,21H2/q-1;+1. The first kappa shape index (κ1) is 34.7. The second-order valence-electron chi connectivity index (χ2n) is 13.4. The van der Waals surface area contributed by atoms with Crippen molar-refractivity contribution in [2.24, 2.45) is 0 Å². The van der Waals surface area contributed by atoms with Crippen LogP contribution in [0.3, 0.4) is 0 Å². The van der Waals surface area contributed by atoms with E-state index in [4.69, 9.17) is 0 Å². The van der Waals surface area contributed by atoms with Gasteiger partial charge in [-0.15, -0.1) is 6.32 Å². The van der Waals surface area contributed by atoms with Gasteiger partial charge in [-0.2, -0.15) is 16.4 Å². The Morgan fingerprint density at radius 1 is 0.269 bits per heavy atom. The Balaban J connectivity index is 0.000000162. The Morgan fingerprint density at radius 3 is 0.827 bits per heavy atom. The highest BCUT2D eigenvalue weighted by Gasteiger charge is 2.45. The van der Waals surface area contributed by atoms with Gasteiger partial charge in [0, 0.05) is 0 Å². The first-order valence-electron chi connectivity index (χ1n) is 18.3. The molecule has 0 unspecified atom stereocenters. The molecule has 8 aromatic rings. The van der Waals surface area contributed by atoms with E-state index in [1.54, 1.807) is 0 Å². The van der Waals surface area contributed by atoms with Crippen LogP contribution >= 0.6 is 7.26 Å². The number of benzene rings is 8. The van der Waals surface area contributed by atoms with Crippen molar-refractivity contribution < 1.29 is 0 Å². The van der Waals surface area contributed by atoms with Gasteiger partial charge < -0.3 is 0 Å². The predicted molar refractivity (Wildman–Crippen MR) is 229 cm³/mol. The fraction of sp³-hybridized carbons (Fsp3) is 0.0400. The van der Waals surface area contributed by atoms with Gasteiger partial charge in [0.1, 0.15) is 23.2 Å². The summed E-state index contributed by atoms with van der Waals surface area (Å²) in [4.78, 5) is 0. The fourth-order valence-corrected chi connectivity index (χ4v) is 12.1. The number of rotatable bonds is 10. The third-order valence-corrected chi connectivity index (χ3v) is 14.7. The first-order valence-corrected chi connectivity index (χ1v) is 20.2. The molecule has 8 aromatic carbocycles. The lowest BCUT2D eigenvalue weighted by Crippen LogP contribution is -2.68.